The zero-order valence-electron chi connectivity index (χ0n) is 15.5. The van der Waals surface area contributed by atoms with Gasteiger partial charge < -0.3 is 15.2 Å². The van der Waals surface area contributed by atoms with Crippen LogP contribution in [-0.4, -0.2) is 27.1 Å². The lowest BCUT2D eigenvalue weighted by atomic mass is 10.1. The number of sulfone groups is 1. The predicted molar refractivity (Wildman–Crippen MR) is 99.2 cm³/mol. The number of carbonyl (C=O) groups excluding carboxylic acids is 1. The van der Waals surface area contributed by atoms with E-state index < -0.39 is 21.4 Å². The molecule has 0 bridgehead atoms. The maximum atomic E-state index is 12.9. The monoisotopic (exact) mass is 377 g/mol. The summed E-state index contributed by atoms with van der Waals surface area (Å²) in [4.78, 5) is 12.4. The third kappa shape index (κ3) is 3.99. The van der Waals surface area contributed by atoms with Gasteiger partial charge in [-0.2, -0.15) is 0 Å². The summed E-state index contributed by atoms with van der Waals surface area (Å²) in [5, 5.41) is 0. The fraction of sp³-hybridized carbons (Fsp3) is 0.316. The SMILES string of the molecule is COc1ccc(S(=O)(=O)c2ccc(C(=O)OC(C)(C)C)c(N)c2C)cc1. The Morgan fingerprint density at radius 2 is 1.62 bits per heavy atom. The minimum Gasteiger partial charge on any atom is -0.497 e. The summed E-state index contributed by atoms with van der Waals surface area (Å²) in [5.41, 5.74) is 5.91. The molecule has 0 atom stereocenters. The van der Waals surface area contributed by atoms with Gasteiger partial charge in [-0.3, -0.25) is 0 Å². The first-order chi connectivity index (χ1) is 12.0. The van der Waals surface area contributed by atoms with Crippen LogP contribution in [0.3, 0.4) is 0 Å². The van der Waals surface area contributed by atoms with E-state index in [-0.39, 0.29) is 21.0 Å². The van der Waals surface area contributed by atoms with Crippen molar-refractivity contribution in [1.82, 2.24) is 0 Å². The first-order valence-corrected chi connectivity index (χ1v) is 9.47. The van der Waals surface area contributed by atoms with Gasteiger partial charge >= 0.3 is 5.97 Å². The molecule has 0 radical (unpaired) electrons. The van der Waals surface area contributed by atoms with Crippen LogP contribution in [0.25, 0.3) is 0 Å². The zero-order chi connectivity index (χ0) is 19.7. The van der Waals surface area contributed by atoms with E-state index in [1.165, 1.54) is 31.4 Å². The molecule has 0 spiro atoms. The van der Waals surface area contributed by atoms with Crippen LogP contribution in [-0.2, 0) is 14.6 Å². The van der Waals surface area contributed by atoms with E-state index in [2.05, 4.69) is 0 Å². The molecular formula is C19H23NO5S. The van der Waals surface area contributed by atoms with E-state index >= 15 is 0 Å². The summed E-state index contributed by atoms with van der Waals surface area (Å²) in [6.45, 7) is 6.81. The number of carbonyl (C=O) groups is 1. The van der Waals surface area contributed by atoms with Crippen molar-refractivity contribution in [3.05, 3.63) is 47.5 Å². The molecule has 0 fully saturated rings. The standard InChI is InChI=1S/C19H23NO5S/c1-12-16(26(22,23)14-8-6-13(24-5)7-9-14)11-10-15(17(12)20)18(21)25-19(2,3)4/h6-11H,20H2,1-5H3. The van der Waals surface area contributed by atoms with Gasteiger partial charge in [0.05, 0.1) is 28.2 Å². The fourth-order valence-corrected chi connectivity index (χ4v) is 3.90. The third-order valence-corrected chi connectivity index (χ3v) is 5.66. The lowest BCUT2D eigenvalue weighted by Crippen LogP contribution is -2.24. The van der Waals surface area contributed by atoms with Crippen LogP contribution < -0.4 is 10.5 Å². The molecule has 2 N–H and O–H groups in total. The number of hydrogen-bond donors (Lipinski definition) is 1. The van der Waals surface area contributed by atoms with Crippen molar-refractivity contribution in [2.75, 3.05) is 12.8 Å². The van der Waals surface area contributed by atoms with Crippen LogP contribution in [0.1, 0.15) is 36.7 Å². The average molecular weight is 377 g/mol. The molecule has 0 saturated heterocycles. The molecule has 0 saturated carbocycles. The number of anilines is 1. The molecule has 2 aromatic carbocycles. The Balaban J connectivity index is 2.47. The second kappa shape index (κ2) is 6.99. The minimum atomic E-state index is -3.78. The Labute approximate surface area is 153 Å². The molecule has 140 valence electrons. The lowest BCUT2D eigenvalue weighted by molar-refractivity contribution is 0.00706. The molecule has 6 nitrogen and oxygen atoms in total. The number of benzene rings is 2. The van der Waals surface area contributed by atoms with E-state index in [0.29, 0.717) is 11.3 Å². The largest absolute Gasteiger partial charge is 0.497 e. The fourth-order valence-electron chi connectivity index (χ4n) is 2.39. The number of hydrogen-bond acceptors (Lipinski definition) is 6. The Hall–Kier alpha value is -2.54. The van der Waals surface area contributed by atoms with Gasteiger partial charge in [0, 0.05) is 0 Å². The van der Waals surface area contributed by atoms with E-state index in [1.807, 2.05) is 0 Å². The van der Waals surface area contributed by atoms with Gasteiger partial charge in [0.15, 0.2) is 0 Å². The molecule has 0 heterocycles. The maximum Gasteiger partial charge on any atom is 0.340 e. The summed E-state index contributed by atoms with van der Waals surface area (Å²) >= 11 is 0. The molecule has 2 aromatic rings. The number of ether oxygens (including phenoxy) is 2. The minimum absolute atomic E-state index is 0.0486. The third-order valence-electron chi connectivity index (χ3n) is 3.74. The molecule has 0 aliphatic rings. The number of nitrogen functional groups attached to an aromatic ring is 1. The lowest BCUT2D eigenvalue weighted by Gasteiger charge is -2.21. The Kier molecular flexibility index (Phi) is 5.32. The molecule has 2 rings (SSSR count). The summed E-state index contributed by atoms with van der Waals surface area (Å²) in [6.07, 6.45) is 0. The Bertz CT molecular complexity index is 926. The van der Waals surface area contributed by atoms with E-state index in [1.54, 1.807) is 39.8 Å². The van der Waals surface area contributed by atoms with Gasteiger partial charge in [-0.15, -0.1) is 0 Å². The van der Waals surface area contributed by atoms with Crippen LogP contribution in [0.2, 0.25) is 0 Å². The van der Waals surface area contributed by atoms with Crippen molar-refractivity contribution in [2.45, 2.75) is 43.1 Å². The zero-order valence-corrected chi connectivity index (χ0v) is 16.3. The molecule has 0 unspecified atom stereocenters. The van der Waals surface area contributed by atoms with Crippen molar-refractivity contribution in [1.29, 1.82) is 0 Å². The second-order valence-electron chi connectivity index (χ2n) is 6.83. The van der Waals surface area contributed by atoms with Crippen molar-refractivity contribution >= 4 is 21.5 Å². The maximum absolute atomic E-state index is 12.9. The second-order valence-corrected chi connectivity index (χ2v) is 8.75. The number of methoxy groups -OCH3 is 1. The highest BCUT2D eigenvalue weighted by Crippen LogP contribution is 2.31. The highest BCUT2D eigenvalue weighted by Gasteiger charge is 2.26. The van der Waals surface area contributed by atoms with Crippen molar-refractivity contribution in [3.63, 3.8) is 0 Å². The van der Waals surface area contributed by atoms with Gasteiger partial charge in [-0.1, -0.05) is 0 Å². The highest BCUT2D eigenvalue weighted by atomic mass is 32.2. The van der Waals surface area contributed by atoms with Crippen LogP contribution in [0.15, 0.2) is 46.2 Å². The first kappa shape index (κ1) is 19.8. The summed E-state index contributed by atoms with van der Waals surface area (Å²) in [6, 6.07) is 8.83. The topological polar surface area (TPSA) is 95.7 Å². The molecule has 0 aromatic heterocycles. The smallest absolute Gasteiger partial charge is 0.340 e. The van der Waals surface area contributed by atoms with Gasteiger partial charge in [-0.25, -0.2) is 13.2 Å². The normalized spacial score (nSPS) is 11.9. The molecule has 0 amide bonds. The van der Waals surface area contributed by atoms with Crippen LogP contribution in [0.4, 0.5) is 5.69 Å². The Morgan fingerprint density at radius 1 is 1.04 bits per heavy atom. The quantitative estimate of drug-likeness (QED) is 0.648. The molecular weight excluding hydrogens is 354 g/mol. The molecule has 0 aliphatic carbocycles. The highest BCUT2D eigenvalue weighted by molar-refractivity contribution is 7.91. The van der Waals surface area contributed by atoms with Crippen LogP contribution >= 0.6 is 0 Å². The van der Waals surface area contributed by atoms with Crippen molar-refractivity contribution in [2.24, 2.45) is 0 Å². The molecule has 7 heteroatoms. The summed E-state index contributed by atoms with van der Waals surface area (Å²) in [5.74, 6) is -0.0352. The summed E-state index contributed by atoms with van der Waals surface area (Å²) in [7, 11) is -2.28. The van der Waals surface area contributed by atoms with E-state index in [0.717, 1.165) is 0 Å². The van der Waals surface area contributed by atoms with Crippen LogP contribution in [0.5, 0.6) is 5.75 Å². The van der Waals surface area contributed by atoms with Crippen LogP contribution in [0, 0.1) is 6.92 Å². The number of esters is 1. The average Bonchev–Trinajstić information content (AvgIpc) is 2.55. The van der Waals surface area contributed by atoms with Gasteiger partial charge in [-0.05, 0) is 69.7 Å². The molecule has 26 heavy (non-hydrogen) atoms. The number of nitrogens with two attached hydrogens (primary N) is 1. The molecule has 0 aliphatic heterocycles. The van der Waals surface area contributed by atoms with Gasteiger partial charge in [0.2, 0.25) is 9.84 Å². The van der Waals surface area contributed by atoms with Gasteiger partial charge in [0.25, 0.3) is 0 Å². The summed E-state index contributed by atoms with van der Waals surface area (Å²) < 4.78 is 36.2. The van der Waals surface area contributed by atoms with Crippen molar-refractivity contribution < 1.29 is 22.7 Å². The predicted octanol–water partition coefficient (Wildman–Crippen LogP) is 3.37. The van der Waals surface area contributed by atoms with Gasteiger partial charge in [0.1, 0.15) is 11.4 Å². The van der Waals surface area contributed by atoms with E-state index in [4.69, 9.17) is 15.2 Å². The number of rotatable bonds is 4. The van der Waals surface area contributed by atoms with Crippen molar-refractivity contribution in [3.8, 4) is 5.75 Å². The first-order valence-electron chi connectivity index (χ1n) is 7.99. The van der Waals surface area contributed by atoms with E-state index in [9.17, 15) is 13.2 Å². The Morgan fingerprint density at radius 3 is 2.12 bits per heavy atom.